The second-order valence-corrected chi connectivity index (χ2v) is 5.03. The SMILES string of the molecule is O=C(O)c1ncccc1CN(Cc1ccco1)C1CC1. The molecule has 2 aromatic heterocycles. The summed E-state index contributed by atoms with van der Waals surface area (Å²) >= 11 is 0. The first-order chi connectivity index (χ1) is 9.74. The van der Waals surface area contributed by atoms with Gasteiger partial charge < -0.3 is 9.52 Å². The van der Waals surface area contributed by atoms with Crippen LogP contribution < -0.4 is 0 Å². The number of carbonyl (C=O) groups is 1. The highest BCUT2D eigenvalue weighted by Crippen LogP contribution is 2.30. The molecule has 1 fully saturated rings. The number of nitrogens with zero attached hydrogens (tertiary/aromatic N) is 2. The van der Waals surface area contributed by atoms with Gasteiger partial charge in [0.1, 0.15) is 5.76 Å². The summed E-state index contributed by atoms with van der Waals surface area (Å²) in [6.45, 7) is 1.28. The maximum Gasteiger partial charge on any atom is 0.354 e. The summed E-state index contributed by atoms with van der Waals surface area (Å²) in [5, 5.41) is 9.19. The van der Waals surface area contributed by atoms with Gasteiger partial charge in [-0.1, -0.05) is 6.07 Å². The number of rotatable bonds is 6. The van der Waals surface area contributed by atoms with Gasteiger partial charge in [0.25, 0.3) is 0 Å². The Labute approximate surface area is 116 Å². The minimum Gasteiger partial charge on any atom is -0.477 e. The molecule has 1 N–H and O–H groups in total. The van der Waals surface area contributed by atoms with E-state index in [-0.39, 0.29) is 5.69 Å². The zero-order valence-corrected chi connectivity index (χ0v) is 11.0. The molecule has 1 saturated carbocycles. The highest BCUT2D eigenvalue weighted by atomic mass is 16.4. The lowest BCUT2D eigenvalue weighted by atomic mass is 10.1. The quantitative estimate of drug-likeness (QED) is 0.875. The van der Waals surface area contributed by atoms with Gasteiger partial charge in [-0.15, -0.1) is 0 Å². The third-order valence-electron chi connectivity index (χ3n) is 3.47. The fourth-order valence-corrected chi connectivity index (χ4v) is 2.33. The highest BCUT2D eigenvalue weighted by molar-refractivity contribution is 5.86. The molecular formula is C15H16N2O3. The molecule has 0 unspecified atom stereocenters. The van der Waals surface area contributed by atoms with Crippen LogP contribution in [-0.4, -0.2) is 27.0 Å². The molecule has 1 aliphatic carbocycles. The highest BCUT2D eigenvalue weighted by Gasteiger charge is 2.30. The van der Waals surface area contributed by atoms with Crippen LogP contribution in [0, 0.1) is 0 Å². The largest absolute Gasteiger partial charge is 0.477 e. The molecule has 3 rings (SSSR count). The van der Waals surface area contributed by atoms with E-state index < -0.39 is 5.97 Å². The van der Waals surface area contributed by atoms with Gasteiger partial charge >= 0.3 is 5.97 Å². The van der Waals surface area contributed by atoms with Crippen molar-refractivity contribution in [2.45, 2.75) is 32.0 Å². The number of hydrogen-bond acceptors (Lipinski definition) is 4. The van der Waals surface area contributed by atoms with Crippen LogP contribution in [0.2, 0.25) is 0 Å². The predicted octanol–water partition coefficient (Wildman–Crippen LogP) is 2.54. The monoisotopic (exact) mass is 272 g/mol. The minimum absolute atomic E-state index is 0.137. The summed E-state index contributed by atoms with van der Waals surface area (Å²) in [6, 6.07) is 7.93. The van der Waals surface area contributed by atoms with Crippen LogP contribution >= 0.6 is 0 Å². The summed E-state index contributed by atoms with van der Waals surface area (Å²) in [7, 11) is 0. The van der Waals surface area contributed by atoms with Crippen LogP contribution in [0.4, 0.5) is 0 Å². The number of aromatic carboxylic acids is 1. The van der Waals surface area contributed by atoms with Gasteiger partial charge in [-0.25, -0.2) is 9.78 Å². The van der Waals surface area contributed by atoms with Gasteiger partial charge in [0.2, 0.25) is 0 Å². The topological polar surface area (TPSA) is 66.6 Å². The molecule has 0 atom stereocenters. The fraction of sp³-hybridized carbons (Fsp3) is 0.333. The zero-order valence-electron chi connectivity index (χ0n) is 11.0. The summed E-state index contributed by atoms with van der Waals surface area (Å²) in [6.07, 6.45) is 5.49. The van der Waals surface area contributed by atoms with E-state index in [9.17, 15) is 9.90 Å². The van der Waals surface area contributed by atoms with Crippen molar-refractivity contribution in [1.29, 1.82) is 0 Å². The van der Waals surface area contributed by atoms with Crippen molar-refractivity contribution in [3.63, 3.8) is 0 Å². The summed E-state index contributed by atoms with van der Waals surface area (Å²) in [5.74, 6) is -0.0768. The Morgan fingerprint density at radius 2 is 2.20 bits per heavy atom. The molecule has 20 heavy (non-hydrogen) atoms. The molecule has 1 aliphatic rings. The Morgan fingerprint density at radius 1 is 1.35 bits per heavy atom. The van der Waals surface area contributed by atoms with Gasteiger partial charge in [0, 0.05) is 18.8 Å². The van der Waals surface area contributed by atoms with Crippen LogP contribution in [0.25, 0.3) is 0 Å². The van der Waals surface area contributed by atoms with Gasteiger partial charge in [0.05, 0.1) is 12.8 Å². The summed E-state index contributed by atoms with van der Waals surface area (Å²) < 4.78 is 5.38. The first-order valence-electron chi connectivity index (χ1n) is 6.67. The maximum atomic E-state index is 11.2. The average molecular weight is 272 g/mol. The van der Waals surface area contributed by atoms with E-state index in [1.165, 1.54) is 6.20 Å². The van der Waals surface area contributed by atoms with Crippen LogP contribution in [0.5, 0.6) is 0 Å². The van der Waals surface area contributed by atoms with Crippen molar-refractivity contribution in [2.24, 2.45) is 0 Å². The lowest BCUT2D eigenvalue weighted by Crippen LogP contribution is -2.26. The van der Waals surface area contributed by atoms with E-state index in [4.69, 9.17) is 4.42 Å². The van der Waals surface area contributed by atoms with Crippen LogP contribution in [-0.2, 0) is 13.1 Å². The van der Waals surface area contributed by atoms with Gasteiger partial charge in [-0.2, -0.15) is 0 Å². The maximum absolute atomic E-state index is 11.2. The lowest BCUT2D eigenvalue weighted by Gasteiger charge is -2.21. The number of pyridine rings is 1. The first kappa shape index (κ1) is 12.9. The van der Waals surface area contributed by atoms with Crippen molar-refractivity contribution in [1.82, 2.24) is 9.88 Å². The zero-order chi connectivity index (χ0) is 13.9. The van der Waals surface area contributed by atoms with Crippen molar-refractivity contribution in [3.8, 4) is 0 Å². The summed E-state index contributed by atoms with van der Waals surface area (Å²) in [5.41, 5.74) is 0.885. The third kappa shape index (κ3) is 2.88. The predicted molar refractivity (Wildman–Crippen MR) is 72.2 cm³/mol. The molecule has 0 radical (unpaired) electrons. The number of furan rings is 1. The number of carboxylic acids is 1. The normalized spacial score (nSPS) is 14.7. The van der Waals surface area contributed by atoms with Crippen LogP contribution in [0.1, 0.15) is 34.7 Å². The lowest BCUT2D eigenvalue weighted by molar-refractivity contribution is 0.0687. The van der Waals surface area contributed by atoms with Gasteiger partial charge in [0.15, 0.2) is 5.69 Å². The molecule has 0 saturated heterocycles. The summed E-state index contributed by atoms with van der Waals surface area (Å²) in [4.78, 5) is 17.4. The average Bonchev–Trinajstić information content (AvgIpc) is 3.17. The molecule has 2 heterocycles. The Bertz CT molecular complexity index is 591. The van der Waals surface area contributed by atoms with E-state index >= 15 is 0 Å². The Balaban J connectivity index is 1.78. The Hall–Kier alpha value is -2.14. The van der Waals surface area contributed by atoms with E-state index in [1.807, 2.05) is 18.2 Å². The number of aromatic nitrogens is 1. The number of hydrogen-bond donors (Lipinski definition) is 1. The second-order valence-electron chi connectivity index (χ2n) is 5.03. The molecule has 0 bridgehead atoms. The van der Waals surface area contributed by atoms with E-state index in [0.29, 0.717) is 19.1 Å². The first-order valence-corrected chi connectivity index (χ1v) is 6.67. The van der Waals surface area contributed by atoms with E-state index in [0.717, 1.165) is 24.2 Å². The van der Waals surface area contributed by atoms with Gasteiger partial charge in [-0.3, -0.25) is 4.90 Å². The van der Waals surface area contributed by atoms with E-state index in [2.05, 4.69) is 9.88 Å². The minimum atomic E-state index is -0.977. The smallest absolute Gasteiger partial charge is 0.354 e. The molecule has 0 spiro atoms. The third-order valence-corrected chi connectivity index (χ3v) is 3.47. The molecule has 104 valence electrons. The fourth-order valence-electron chi connectivity index (χ4n) is 2.33. The Kier molecular flexibility index (Phi) is 3.52. The standard InChI is InChI=1S/C15H16N2O3/c18-15(19)14-11(3-1-7-16-14)9-17(12-5-6-12)10-13-4-2-8-20-13/h1-4,7-8,12H,5-6,9-10H2,(H,18,19). The molecular weight excluding hydrogens is 256 g/mol. The van der Waals surface area contributed by atoms with Gasteiger partial charge in [-0.05, 0) is 36.6 Å². The van der Waals surface area contributed by atoms with E-state index in [1.54, 1.807) is 12.3 Å². The molecule has 0 aromatic carbocycles. The molecule has 2 aromatic rings. The van der Waals surface area contributed by atoms with Crippen LogP contribution in [0.3, 0.4) is 0 Å². The van der Waals surface area contributed by atoms with Crippen molar-refractivity contribution >= 4 is 5.97 Å². The molecule has 5 nitrogen and oxygen atoms in total. The van der Waals surface area contributed by atoms with Crippen LogP contribution in [0.15, 0.2) is 41.1 Å². The number of carboxylic acid groups (broad SMARTS) is 1. The van der Waals surface area contributed by atoms with Crippen molar-refractivity contribution in [3.05, 3.63) is 53.7 Å². The van der Waals surface area contributed by atoms with Crippen molar-refractivity contribution < 1.29 is 14.3 Å². The van der Waals surface area contributed by atoms with Crippen molar-refractivity contribution in [2.75, 3.05) is 0 Å². The molecule has 5 heteroatoms. The Morgan fingerprint density at radius 3 is 2.85 bits per heavy atom. The molecule has 0 aliphatic heterocycles. The molecule has 0 amide bonds. The second kappa shape index (κ2) is 5.46.